The van der Waals surface area contributed by atoms with E-state index in [2.05, 4.69) is 5.32 Å². The molecule has 0 aliphatic carbocycles. The van der Waals surface area contributed by atoms with E-state index in [4.69, 9.17) is 16.7 Å². The molecule has 0 radical (unpaired) electrons. The molecule has 1 amide bonds. The van der Waals surface area contributed by atoms with Crippen LogP contribution in [0.5, 0.6) is 0 Å². The summed E-state index contributed by atoms with van der Waals surface area (Å²) in [5.74, 6) is -1.08. The third-order valence-corrected chi connectivity index (χ3v) is 3.17. The number of aliphatic hydroxyl groups excluding tert-OH is 1. The molecule has 0 aromatic heterocycles. The fraction of sp³-hybridized carbons (Fsp3) is 0.333. The van der Waals surface area contributed by atoms with Gasteiger partial charge in [0.25, 0.3) is 0 Å². The number of carbonyl (C=O) groups excluding carboxylic acids is 1. The van der Waals surface area contributed by atoms with Gasteiger partial charge in [0.15, 0.2) is 0 Å². The van der Waals surface area contributed by atoms with Gasteiger partial charge in [0.05, 0.1) is 12.5 Å². The van der Waals surface area contributed by atoms with Gasteiger partial charge < -0.3 is 15.5 Å². The summed E-state index contributed by atoms with van der Waals surface area (Å²) in [6.07, 6.45) is -0.721. The topological polar surface area (TPSA) is 86.6 Å². The molecule has 0 saturated carbocycles. The molecular formula is C12H12ClNO4. The highest BCUT2D eigenvalue weighted by molar-refractivity contribution is 6.32. The first-order chi connectivity index (χ1) is 8.47. The highest BCUT2D eigenvalue weighted by Crippen LogP contribution is 2.34. The summed E-state index contributed by atoms with van der Waals surface area (Å²) >= 11 is 6.01. The van der Waals surface area contributed by atoms with Gasteiger partial charge in [0, 0.05) is 17.1 Å². The lowest BCUT2D eigenvalue weighted by Gasteiger charge is -2.13. The van der Waals surface area contributed by atoms with Gasteiger partial charge in [-0.25, -0.2) is 0 Å². The number of nitrogens with one attached hydrogen (secondary N) is 1. The number of amides is 1. The molecule has 1 aliphatic heterocycles. The molecule has 1 heterocycles. The lowest BCUT2D eigenvalue weighted by atomic mass is 10.0. The normalized spacial score (nSPS) is 15.1. The Morgan fingerprint density at radius 3 is 2.89 bits per heavy atom. The number of hydrogen-bond acceptors (Lipinski definition) is 3. The molecule has 1 aliphatic rings. The molecule has 0 bridgehead atoms. The second kappa shape index (κ2) is 4.96. The maximum Gasteiger partial charge on any atom is 0.303 e. The number of benzene rings is 1. The van der Waals surface area contributed by atoms with Crippen LogP contribution < -0.4 is 5.32 Å². The van der Waals surface area contributed by atoms with Gasteiger partial charge in [0.1, 0.15) is 0 Å². The van der Waals surface area contributed by atoms with Gasteiger partial charge in [-0.1, -0.05) is 11.6 Å². The van der Waals surface area contributed by atoms with Crippen LogP contribution in [0.25, 0.3) is 0 Å². The van der Waals surface area contributed by atoms with Crippen molar-refractivity contribution in [3.63, 3.8) is 0 Å². The maximum atomic E-state index is 11.2. The third-order valence-electron chi connectivity index (χ3n) is 2.84. The quantitative estimate of drug-likeness (QED) is 0.777. The Bertz CT molecular complexity index is 515. The zero-order chi connectivity index (χ0) is 13.3. The zero-order valence-electron chi connectivity index (χ0n) is 9.44. The molecule has 1 aromatic rings. The number of carboxylic acid groups (broad SMARTS) is 1. The molecule has 0 spiro atoms. The summed E-state index contributed by atoms with van der Waals surface area (Å²) in [6, 6.07) is 3.24. The summed E-state index contributed by atoms with van der Waals surface area (Å²) < 4.78 is 0. The van der Waals surface area contributed by atoms with Crippen molar-refractivity contribution in [1.29, 1.82) is 0 Å². The van der Waals surface area contributed by atoms with E-state index in [0.29, 0.717) is 16.3 Å². The first-order valence-electron chi connectivity index (χ1n) is 5.49. The Hall–Kier alpha value is -1.59. The molecule has 96 valence electrons. The number of hydrogen-bond donors (Lipinski definition) is 3. The van der Waals surface area contributed by atoms with Crippen molar-refractivity contribution in [2.24, 2.45) is 0 Å². The minimum absolute atomic E-state index is 0.0925. The summed E-state index contributed by atoms with van der Waals surface area (Å²) in [5.41, 5.74) is 1.89. The number of fused-ring (bicyclic) bond motifs is 1. The Balaban J connectivity index is 2.21. The zero-order valence-corrected chi connectivity index (χ0v) is 10.2. The summed E-state index contributed by atoms with van der Waals surface area (Å²) in [7, 11) is 0. The van der Waals surface area contributed by atoms with Crippen LogP contribution in [0.2, 0.25) is 5.02 Å². The van der Waals surface area contributed by atoms with Crippen molar-refractivity contribution in [2.45, 2.75) is 25.4 Å². The fourth-order valence-corrected chi connectivity index (χ4v) is 2.23. The van der Waals surface area contributed by atoms with Crippen molar-refractivity contribution in [1.82, 2.24) is 0 Å². The number of aliphatic carboxylic acids is 1. The molecule has 6 heteroatoms. The van der Waals surface area contributed by atoms with Crippen LogP contribution in [0.15, 0.2) is 12.1 Å². The van der Waals surface area contributed by atoms with Crippen molar-refractivity contribution in [3.8, 4) is 0 Å². The van der Waals surface area contributed by atoms with E-state index in [9.17, 15) is 14.7 Å². The number of carbonyl (C=O) groups is 2. The van der Waals surface area contributed by atoms with Crippen molar-refractivity contribution >= 4 is 29.2 Å². The minimum atomic E-state index is -0.969. The molecule has 0 fully saturated rings. The highest BCUT2D eigenvalue weighted by atomic mass is 35.5. The van der Waals surface area contributed by atoms with E-state index in [1.54, 1.807) is 12.1 Å². The molecular weight excluding hydrogens is 258 g/mol. The van der Waals surface area contributed by atoms with Crippen LogP contribution in [-0.2, 0) is 16.0 Å². The van der Waals surface area contributed by atoms with Gasteiger partial charge in [-0.15, -0.1) is 0 Å². The molecule has 1 unspecified atom stereocenters. The van der Waals surface area contributed by atoms with Crippen LogP contribution in [0.3, 0.4) is 0 Å². The molecule has 3 N–H and O–H groups in total. The molecule has 2 rings (SSSR count). The van der Waals surface area contributed by atoms with Gasteiger partial charge in [-0.3, -0.25) is 9.59 Å². The average molecular weight is 270 g/mol. The number of aliphatic hydroxyl groups is 1. The highest BCUT2D eigenvalue weighted by Gasteiger charge is 2.22. The number of anilines is 1. The number of halogens is 1. The second-order valence-electron chi connectivity index (χ2n) is 4.20. The largest absolute Gasteiger partial charge is 0.481 e. The van der Waals surface area contributed by atoms with Crippen LogP contribution in [0.1, 0.15) is 30.1 Å². The van der Waals surface area contributed by atoms with Crippen LogP contribution >= 0.6 is 11.6 Å². The Morgan fingerprint density at radius 1 is 1.50 bits per heavy atom. The molecule has 1 aromatic carbocycles. The van der Waals surface area contributed by atoms with E-state index >= 15 is 0 Å². The van der Waals surface area contributed by atoms with Gasteiger partial charge in [0.2, 0.25) is 5.91 Å². The fourth-order valence-electron chi connectivity index (χ4n) is 1.94. The third kappa shape index (κ3) is 2.63. The molecule has 1 atom stereocenters. The average Bonchev–Trinajstić information content (AvgIpc) is 2.64. The van der Waals surface area contributed by atoms with Crippen molar-refractivity contribution < 1.29 is 19.8 Å². The first kappa shape index (κ1) is 12.9. The van der Waals surface area contributed by atoms with Gasteiger partial charge in [-0.2, -0.15) is 0 Å². The van der Waals surface area contributed by atoms with Crippen molar-refractivity contribution in [2.75, 3.05) is 5.32 Å². The molecule has 18 heavy (non-hydrogen) atoms. The van der Waals surface area contributed by atoms with E-state index in [1.165, 1.54) is 0 Å². The predicted molar refractivity (Wildman–Crippen MR) is 65.6 cm³/mol. The maximum absolute atomic E-state index is 11.2. The Morgan fingerprint density at radius 2 is 2.22 bits per heavy atom. The molecule has 0 saturated heterocycles. The van der Waals surface area contributed by atoms with E-state index in [0.717, 1.165) is 5.56 Å². The van der Waals surface area contributed by atoms with E-state index in [-0.39, 0.29) is 25.2 Å². The van der Waals surface area contributed by atoms with Gasteiger partial charge in [-0.05, 0) is 29.7 Å². The van der Waals surface area contributed by atoms with Crippen LogP contribution in [0.4, 0.5) is 5.69 Å². The van der Waals surface area contributed by atoms with Crippen molar-refractivity contribution in [3.05, 3.63) is 28.3 Å². The SMILES string of the molecule is O=C(O)CCC(O)c1cc2c(cc1Cl)NC(=O)C2. The second-order valence-corrected chi connectivity index (χ2v) is 4.61. The van der Waals surface area contributed by atoms with Gasteiger partial charge >= 0.3 is 5.97 Å². The van der Waals surface area contributed by atoms with Crippen LogP contribution in [0, 0.1) is 0 Å². The smallest absolute Gasteiger partial charge is 0.303 e. The lowest BCUT2D eigenvalue weighted by molar-refractivity contribution is -0.137. The summed E-state index contributed by atoms with van der Waals surface area (Å²) in [4.78, 5) is 21.7. The Kier molecular flexibility index (Phi) is 3.54. The number of carboxylic acids is 1. The lowest BCUT2D eigenvalue weighted by Crippen LogP contribution is -2.03. The number of rotatable bonds is 4. The predicted octanol–water partition coefficient (Wildman–Crippen LogP) is 1.73. The van der Waals surface area contributed by atoms with E-state index < -0.39 is 12.1 Å². The standard InChI is InChI=1S/C12H12ClNO4/c13-8-5-9-6(4-11(16)14-9)3-7(8)10(15)1-2-12(17)18/h3,5,10,15H,1-2,4H2,(H,14,16)(H,17,18). The summed E-state index contributed by atoms with van der Waals surface area (Å²) in [6.45, 7) is 0. The monoisotopic (exact) mass is 269 g/mol. The first-order valence-corrected chi connectivity index (χ1v) is 5.87. The van der Waals surface area contributed by atoms with Crippen LogP contribution in [-0.4, -0.2) is 22.1 Å². The van der Waals surface area contributed by atoms with E-state index in [1.807, 2.05) is 0 Å². The minimum Gasteiger partial charge on any atom is -0.481 e. The summed E-state index contributed by atoms with van der Waals surface area (Å²) in [5, 5.41) is 21.4. The molecule has 5 nitrogen and oxygen atoms in total. The Labute approximate surface area is 108 Å².